The predicted molar refractivity (Wildman–Crippen MR) is 49.7 cm³/mol. The molecule has 0 spiro atoms. The number of rotatable bonds is 3. The van der Waals surface area contributed by atoms with Crippen molar-refractivity contribution in [2.24, 2.45) is 0 Å². The quantitative estimate of drug-likeness (QED) is 0.793. The van der Waals surface area contributed by atoms with Gasteiger partial charge in [0.2, 0.25) is 0 Å². The predicted octanol–water partition coefficient (Wildman–Crippen LogP) is 1.67. The minimum Gasteiger partial charge on any atom is -0.495 e. The fraction of sp³-hybridized carbons (Fsp3) is 0.400. The molecule has 0 saturated heterocycles. The summed E-state index contributed by atoms with van der Waals surface area (Å²) in [6.07, 6.45) is 3.65. The number of hydrogen-bond donors (Lipinski definition) is 1. The van der Waals surface area contributed by atoms with Crippen molar-refractivity contribution in [2.75, 3.05) is 7.11 Å². The van der Waals surface area contributed by atoms with Crippen molar-refractivity contribution in [3.05, 3.63) is 23.5 Å². The molecule has 0 unspecified atom stereocenters. The molecule has 1 aromatic rings. The van der Waals surface area contributed by atoms with Gasteiger partial charge in [-0.15, -0.1) is 0 Å². The highest BCUT2D eigenvalue weighted by molar-refractivity contribution is 5.89. The maximum absolute atomic E-state index is 10.9. The Labute approximate surface area is 81.5 Å². The third-order valence-electron chi connectivity index (χ3n) is 2.32. The molecule has 14 heavy (non-hydrogen) atoms. The summed E-state index contributed by atoms with van der Waals surface area (Å²) in [4.78, 5) is 15.1. The maximum atomic E-state index is 10.9. The maximum Gasteiger partial charge on any atom is 0.337 e. The minimum atomic E-state index is -0.932. The van der Waals surface area contributed by atoms with Crippen LogP contribution in [0, 0.1) is 0 Å². The van der Waals surface area contributed by atoms with Gasteiger partial charge in [0.15, 0.2) is 0 Å². The molecule has 1 fully saturated rings. The minimum absolute atomic E-state index is 0.270. The Hall–Kier alpha value is -1.58. The van der Waals surface area contributed by atoms with Crippen molar-refractivity contribution >= 4 is 5.97 Å². The molecule has 1 aromatic heterocycles. The second kappa shape index (κ2) is 3.29. The molecule has 0 bridgehead atoms. The van der Waals surface area contributed by atoms with E-state index in [4.69, 9.17) is 9.84 Å². The molecular formula is C10H11NO3. The number of methoxy groups -OCH3 is 1. The molecule has 74 valence electrons. The summed E-state index contributed by atoms with van der Waals surface area (Å²) in [5, 5.41) is 8.97. The molecular weight excluding hydrogens is 182 g/mol. The number of ether oxygens (including phenoxy) is 1. The number of nitrogens with zero attached hydrogens (tertiary/aromatic N) is 1. The van der Waals surface area contributed by atoms with Crippen LogP contribution >= 0.6 is 0 Å². The molecule has 0 atom stereocenters. The first kappa shape index (κ1) is 8.99. The van der Waals surface area contributed by atoms with Gasteiger partial charge in [-0.05, 0) is 18.9 Å². The van der Waals surface area contributed by atoms with Crippen molar-refractivity contribution in [1.82, 2.24) is 4.98 Å². The van der Waals surface area contributed by atoms with E-state index in [1.54, 1.807) is 6.20 Å². The third-order valence-corrected chi connectivity index (χ3v) is 2.32. The van der Waals surface area contributed by atoms with Gasteiger partial charge in [0.1, 0.15) is 5.75 Å². The lowest BCUT2D eigenvalue weighted by Crippen LogP contribution is -2.04. The van der Waals surface area contributed by atoms with Crippen molar-refractivity contribution in [3.8, 4) is 5.75 Å². The molecule has 0 aliphatic heterocycles. The SMILES string of the molecule is COc1cnc(C2CC2)c(C(=O)O)c1. The van der Waals surface area contributed by atoms with E-state index in [0.29, 0.717) is 17.4 Å². The van der Waals surface area contributed by atoms with Crippen LogP contribution in [0.4, 0.5) is 0 Å². The number of aromatic nitrogens is 1. The second-order valence-electron chi connectivity index (χ2n) is 3.39. The van der Waals surface area contributed by atoms with Crippen LogP contribution in [-0.2, 0) is 0 Å². The average molecular weight is 193 g/mol. The standard InChI is InChI=1S/C10H11NO3/c1-14-7-4-8(10(12)13)9(11-5-7)6-2-3-6/h4-6H,2-3H2,1H3,(H,12,13). The van der Waals surface area contributed by atoms with E-state index in [2.05, 4.69) is 4.98 Å². The van der Waals surface area contributed by atoms with E-state index >= 15 is 0 Å². The summed E-state index contributed by atoms with van der Waals surface area (Å²) >= 11 is 0. The van der Waals surface area contributed by atoms with Crippen LogP contribution in [0.2, 0.25) is 0 Å². The Kier molecular flexibility index (Phi) is 2.11. The topological polar surface area (TPSA) is 59.4 Å². The summed E-state index contributed by atoms with van der Waals surface area (Å²) in [5.74, 6) is -0.0999. The molecule has 1 saturated carbocycles. The van der Waals surface area contributed by atoms with Gasteiger partial charge in [-0.3, -0.25) is 4.98 Å². The summed E-state index contributed by atoms with van der Waals surface area (Å²) in [7, 11) is 1.50. The molecule has 0 radical (unpaired) electrons. The third kappa shape index (κ3) is 1.55. The van der Waals surface area contributed by atoms with Crippen LogP contribution in [0.25, 0.3) is 0 Å². The average Bonchev–Trinajstić information content (AvgIpc) is 3.00. The number of pyridine rings is 1. The van der Waals surface area contributed by atoms with E-state index in [1.807, 2.05) is 0 Å². The van der Waals surface area contributed by atoms with E-state index in [-0.39, 0.29) is 5.56 Å². The number of hydrogen-bond acceptors (Lipinski definition) is 3. The van der Waals surface area contributed by atoms with Crippen LogP contribution in [0.1, 0.15) is 34.8 Å². The lowest BCUT2D eigenvalue weighted by atomic mass is 10.1. The number of carboxylic acids is 1. The van der Waals surface area contributed by atoms with Crippen LogP contribution in [0.3, 0.4) is 0 Å². The highest BCUT2D eigenvalue weighted by Crippen LogP contribution is 2.41. The molecule has 1 aliphatic rings. The molecule has 1 aliphatic carbocycles. The molecule has 1 N–H and O–H groups in total. The van der Waals surface area contributed by atoms with Crippen molar-refractivity contribution in [3.63, 3.8) is 0 Å². The summed E-state index contributed by atoms with van der Waals surface area (Å²) in [6, 6.07) is 1.53. The van der Waals surface area contributed by atoms with Gasteiger partial charge >= 0.3 is 5.97 Å². The first-order chi connectivity index (χ1) is 6.72. The number of carboxylic acid groups (broad SMARTS) is 1. The zero-order valence-corrected chi connectivity index (χ0v) is 7.86. The van der Waals surface area contributed by atoms with Crippen LogP contribution < -0.4 is 4.74 Å². The molecule has 4 heteroatoms. The zero-order valence-electron chi connectivity index (χ0n) is 7.86. The molecule has 4 nitrogen and oxygen atoms in total. The highest BCUT2D eigenvalue weighted by atomic mass is 16.5. The highest BCUT2D eigenvalue weighted by Gasteiger charge is 2.29. The molecule has 0 amide bonds. The van der Waals surface area contributed by atoms with E-state index < -0.39 is 5.97 Å². The van der Waals surface area contributed by atoms with Gasteiger partial charge in [-0.1, -0.05) is 0 Å². The fourth-order valence-electron chi connectivity index (χ4n) is 1.42. The Morgan fingerprint density at radius 1 is 1.64 bits per heavy atom. The van der Waals surface area contributed by atoms with Crippen LogP contribution in [0.15, 0.2) is 12.3 Å². The van der Waals surface area contributed by atoms with Gasteiger partial charge in [0.05, 0.1) is 24.6 Å². The smallest absolute Gasteiger partial charge is 0.337 e. The van der Waals surface area contributed by atoms with Gasteiger partial charge < -0.3 is 9.84 Å². The van der Waals surface area contributed by atoms with Crippen molar-refractivity contribution < 1.29 is 14.6 Å². The zero-order chi connectivity index (χ0) is 10.1. The van der Waals surface area contributed by atoms with E-state index in [1.165, 1.54) is 13.2 Å². The summed E-state index contributed by atoms with van der Waals surface area (Å²) in [6.45, 7) is 0. The Morgan fingerprint density at radius 2 is 2.36 bits per heavy atom. The Bertz CT molecular complexity index is 372. The van der Waals surface area contributed by atoms with Gasteiger partial charge in [-0.25, -0.2) is 4.79 Å². The van der Waals surface area contributed by atoms with Gasteiger partial charge in [-0.2, -0.15) is 0 Å². The van der Waals surface area contributed by atoms with E-state index in [0.717, 1.165) is 12.8 Å². The summed E-state index contributed by atoms with van der Waals surface area (Å²) < 4.78 is 4.93. The second-order valence-corrected chi connectivity index (χ2v) is 3.39. The normalized spacial score (nSPS) is 15.2. The fourth-order valence-corrected chi connectivity index (χ4v) is 1.42. The Balaban J connectivity index is 2.43. The lowest BCUT2D eigenvalue weighted by Gasteiger charge is -2.05. The van der Waals surface area contributed by atoms with Crippen molar-refractivity contribution in [2.45, 2.75) is 18.8 Å². The molecule has 0 aromatic carbocycles. The lowest BCUT2D eigenvalue weighted by molar-refractivity contribution is 0.0694. The summed E-state index contributed by atoms with van der Waals surface area (Å²) in [5.41, 5.74) is 0.963. The van der Waals surface area contributed by atoms with Crippen molar-refractivity contribution in [1.29, 1.82) is 0 Å². The van der Waals surface area contributed by atoms with Crippen LogP contribution in [0.5, 0.6) is 5.75 Å². The monoisotopic (exact) mass is 193 g/mol. The first-order valence-electron chi connectivity index (χ1n) is 4.49. The van der Waals surface area contributed by atoms with Gasteiger partial charge in [0, 0.05) is 5.92 Å². The molecule has 2 rings (SSSR count). The number of carbonyl (C=O) groups is 1. The molecule has 1 heterocycles. The Morgan fingerprint density at radius 3 is 2.86 bits per heavy atom. The number of aromatic carboxylic acids is 1. The first-order valence-corrected chi connectivity index (χ1v) is 4.49. The van der Waals surface area contributed by atoms with Crippen LogP contribution in [-0.4, -0.2) is 23.2 Å². The largest absolute Gasteiger partial charge is 0.495 e. The van der Waals surface area contributed by atoms with E-state index in [9.17, 15) is 4.79 Å². The van der Waals surface area contributed by atoms with Gasteiger partial charge in [0.25, 0.3) is 0 Å².